The van der Waals surface area contributed by atoms with E-state index in [0.717, 1.165) is 17.8 Å². The van der Waals surface area contributed by atoms with E-state index in [9.17, 15) is 0 Å². The van der Waals surface area contributed by atoms with Gasteiger partial charge in [-0.2, -0.15) is 12.6 Å². The van der Waals surface area contributed by atoms with Crippen LogP contribution in [0.3, 0.4) is 0 Å². The molecule has 1 heteroatoms. The molecule has 0 nitrogen and oxygen atoms in total. The first kappa shape index (κ1) is 15.0. The van der Waals surface area contributed by atoms with E-state index in [1.807, 2.05) is 0 Å². The first-order valence-corrected chi connectivity index (χ1v) is 9.32. The minimum absolute atomic E-state index is 0.536. The highest BCUT2D eigenvalue weighted by Gasteiger charge is 2.57. The Bertz CT molecular complexity index is 376. The Kier molecular flexibility index (Phi) is 4.03. The number of hydrogen-bond donors (Lipinski definition) is 1. The van der Waals surface area contributed by atoms with Crippen LogP contribution in [0.25, 0.3) is 0 Å². The van der Waals surface area contributed by atoms with Crippen molar-refractivity contribution in [3.05, 3.63) is 12.7 Å². The summed E-state index contributed by atoms with van der Waals surface area (Å²) in [5, 5.41) is 0.632. The SMILES string of the molecule is C=CCC12CCC3C(C)CCC[C@@]3(C)C1CCC(S)C2. The molecule has 20 heavy (non-hydrogen) atoms. The summed E-state index contributed by atoms with van der Waals surface area (Å²) >= 11 is 4.85. The number of thiol groups is 1. The lowest BCUT2D eigenvalue weighted by molar-refractivity contribution is -0.124. The van der Waals surface area contributed by atoms with Crippen LogP contribution in [0.5, 0.6) is 0 Å². The maximum Gasteiger partial charge on any atom is 0.00224 e. The summed E-state index contributed by atoms with van der Waals surface area (Å²) < 4.78 is 0. The minimum Gasteiger partial charge on any atom is -0.176 e. The van der Waals surface area contributed by atoms with E-state index >= 15 is 0 Å². The second kappa shape index (κ2) is 5.38. The molecule has 0 aromatic heterocycles. The van der Waals surface area contributed by atoms with Crippen molar-refractivity contribution in [2.75, 3.05) is 0 Å². The smallest absolute Gasteiger partial charge is 0.00224 e. The van der Waals surface area contributed by atoms with Crippen LogP contribution in [0.4, 0.5) is 0 Å². The Morgan fingerprint density at radius 2 is 2.00 bits per heavy atom. The van der Waals surface area contributed by atoms with Gasteiger partial charge in [-0.1, -0.05) is 32.8 Å². The van der Waals surface area contributed by atoms with Gasteiger partial charge in [-0.3, -0.25) is 0 Å². The lowest BCUT2D eigenvalue weighted by Crippen LogP contribution is -2.55. The number of fused-ring (bicyclic) bond motifs is 3. The standard InChI is InChI=1S/C19H32S/c1-4-10-19-12-9-16-14(2)6-5-11-18(16,3)17(19)8-7-15(20)13-19/h4,14-17,20H,1,5-13H2,2-3H3/t14?,15?,16?,17?,18-,19?/m1/s1. The molecule has 5 unspecified atom stereocenters. The van der Waals surface area contributed by atoms with Crippen LogP contribution < -0.4 is 0 Å². The summed E-state index contributed by atoms with van der Waals surface area (Å²) in [5.74, 6) is 2.86. The minimum atomic E-state index is 0.536. The molecule has 0 aromatic carbocycles. The third-order valence-corrected chi connectivity index (χ3v) is 7.82. The zero-order valence-electron chi connectivity index (χ0n) is 13.4. The average molecular weight is 293 g/mol. The normalized spacial score (nSPS) is 52.0. The van der Waals surface area contributed by atoms with Gasteiger partial charge in [0.25, 0.3) is 0 Å². The van der Waals surface area contributed by atoms with E-state index in [4.69, 9.17) is 12.6 Å². The summed E-state index contributed by atoms with van der Waals surface area (Å²) in [6, 6.07) is 0. The second-order valence-corrected chi connectivity index (χ2v) is 9.09. The van der Waals surface area contributed by atoms with Crippen LogP contribution >= 0.6 is 12.6 Å². The van der Waals surface area contributed by atoms with E-state index in [2.05, 4.69) is 26.5 Å². The van der Waals surface area contributed by atoms with Crippen molar-refractivity contribution in [1.29, 1.82) is 0 Å². The van der Waals surface area contributed by atoms with Gasteiger partial charge in [0.15, 0.2) is 0 Å². The van der Waals surface area contributed by atoms with Gasteiger partial charge in [-0.15, -0.1) is 6.58 Å². The molecule has 0 aliphatic heterocycles. The van der Waals surface area contributed by atoms with E-state index in [0.29, 0.717) is 16.1 Å². The lowest BCUT2D eigenvalue weighted by Gasteiger charge is -2.63. The summed E-state index contributed by atoms with van der Waals surface area (Å²) in [6.07, 6.45) is 14.8. The van der Waals surface area contributed by atoms with Crippen molar-refractivity contribution in [3.8, 4) is 0 Å². The quantitative estimate of drug-likeness (QED) is 0.476. The average Bonchev–Trinajstić information content (AvgIpc) is 2.38. The molecule has 3 fully saturated rings. The molecule has 3 aliphatic carbocycles. The molecule has 3 rings (SSSR count). The van der Waals surface area contributed by atoms with Gasteiger partial charge < -0.3 is 0 Å². The van der Waals surface area contributed by atoms with E-state index in [1.54, 1.807) is 0 Å². The van der Waals surface area contributed by atoms with Crippen LogP contribution in [-0.2, 0) is 0 Å². The molecule has 3 aliphatic rings. The molecule has 0 aromatic rings. The Labute approximate surface area is 131 Å². The molecule has 0 heterocycles. The Balaban J connectivity index is 1.95. The molecule has 0 spiro atoms. The maximum absolute atomic E-state index is 4.85. The van der Waals surface area contributed by atoms with E-state index in [1.165, 1.54) is 57.8 Å². The molecule has 0 amide bonds. The molecule has 0 N–H and O–H groups in total. The lowest BCUT2D eigenvalue weighted by atomic mass is 9.42. The molecular weight excluding hydrogens is 260 g/mol. The van der Waals surface area contributed by atoms with Crippen LogP contribution in [0.2, 0.25) is 0 Å². The van der Waals surface area contributed by atoms with Crippen LogP contribution in [0.1, 0.15) is 71.6 Å². The van der Waals surface area contributed by atoms with Gasteiger partial charge >= 0.3 is 0 Å². The highest BCUT2D eigenvalue weighted by Crippen LogP contribution is 2.66. The fourth-order valence-corrected chi connectivity index (χ4v) is 7.14. The van der Waals surface area contributed by atoms with Crippen molar-refractivity contribution in [1.82, 2.24) is 0 Å². The summed E-state index contributed by atoms with van der Waals surface area (Å²) in [5.41, 5.74) is 1.14. The van der Waals surface area contributed by atoms with Crippen LogP contribution in [-0.4, -0.2) is 5.25 Å². The van der Waals surface area contributed by atoms with E-state index < -0.39 is 0 Å². The molecule has 6 atom stereocenters. The third-order valence-electron chi connectivity index (χ3n) is 7.38. The van der Waals surface area contributed by atoms with Gasteiger partial charge in [-0.25, -0.2) is 0 Å². The van der Waals surface area contributed by atoms with Gasteiger partial charge in [0.2, 0.25) is 0 Å². The van der Waals surface area contributed by atoms with Crippen molar-refractivity contribution < 1.29 is 0 Å². The number of allylic oxidation sites excluding steroid dienone is 1. The molecule has 3 saturated carbocycles. The monoisotopic (exact) mass is 292 g/mol. The first-order valence-electron chi connectivity index (χ1n) is 8.81. The zero-order valence-corrected chi connectivity index (χ0v) is 14.3. The predicted octanol–water partition coefficient (Wildman–Crippen LogP) is 5.88. The summed E-state index contributed by atoms with van der Waals surface area (Å²) in [7, 11) is 0. The fourth-order valence-electron chi connectivity index (χ4n) is 6.63. The molecule has 0 radical (unpaired) electrons. The topological polar surface area (TPSA) is 0 Å². The highest BCUT2D eigenvalue weighted by molar-refractivity contribution is 7.80. The number of rotatable bonds is 2. The predicted molar refractivity (Wildman–Crippen MR) is 91.2 cm³/mol. The summed E-state index contributed by atoms with van der Waals surface area (Å²) in [4.78, 5) is 0. The fraction of sp³-hybridized carbons (Fsp3) is 0.895. The first-order chi connectivity index (χ1) is 9.52. The maximum atomic E-state index is 4.85. The van der Waals surface area contributed by atoms with Gasteiger partial charge in [0, 0.05) is 5.25 Å². The highest BCUT2D eigenvalue weighted by atomic mass is 32.1. The van der Waals surface area contributed by atoms with E-state index in [-0.39, 0.29) is 0 Å². The third kappa shape index (κ3) is 2.19. The van der Waals surface area contributed by atoms with Crippen molar-refractivity contribution in [3.63, 3.8) is 0 Å². The van der Waals surface area contributed by atoms with Crippen LogP contribution in [0, 0.1) is 28.6 Å². The van der Waals surface area contributed by atoms with Crippen molar-refractivity contribution in [2.24, 2.45) is 28.6 Å². The van der Waals surface area contributed by atoms with Crippen molar-refractivity contribution >= 4 is 12.6 Å². The zero-order chi connectivity index (χ0) is 14.4. The van der Waals surface area contributed by atoms with Gasteiger partial charge in [0.05, 0.1) is 0 Å². The second-order valence-electron chi connectivity index (χ2n) is 8.36. The number of hydrogen-bond acceptors (Lipinski definition) is 1. The van der Waals surface area contributed by atoms with Gasteiger partial charge in [0.1, 0.15) is 0 Å². The Hall–Kier alpha value is 0.0900. The molecule has 114 valence electrons. The van der Waals surface area contributed by atoms with Crippen LogP contribution in [0.15, 0.2) is 12.7 Å². The Morgan fingerprint density at radius 1 is 1.20 bits per heavy atom. The largest absolute Gasteiger partial charge is 0.176 e. The molecular formula is C19H32S. The van der Waals surface area contributed by atoms with Gasteiger partial charge in [-0.05, 0) is 73.5 Å². The van der Waals surface area contributed by atoms with Crippen molar-refractivity contribution in [2.45, 2.75) is 76.9 Å². The molecule has 0 saturated heterocycles. The molecule has 0 bridgehead atoms. The summed E-state index contributed by atoms with van der Waals surface area (Å²) in [6.45, 7) is 9.25. The Morgan fingerprint density at radius 3 is 2.75 bits per heavy atom.